The summed E-state index contributed by atoms with van der Waals surface area (Å²) in [6, 6.07) is 9.76. The highest BCUT2D eigenvalue weighted by atomic mass is 32.1. The van der Waals surface area contributed by atoms with Crippen molar-refractivity contribution in [3.05, 3.63) is 60.2 Å². The number of nitrogens with one attached hydrogen (secondary N) is 1. The van der Waals surface area contributed by atoms with Gasteiger partial charge >= 0.3 is 0 Å². The van der Waals surface area contributed by atoms with E-state index in [0.29, 0.717) is 16.5 Å². The van der Waals surface area contributed by atoms with Crippen molar-refractivity contribution in [1.82, 2.24) is 14.3 Å². The average molecular weight is 314 g/mol. The molecule has 0 radical (unpaired) electrons. The van der Waals surface area contributed by atoms with Crippen LogP contribution in [-0.2, 0) is 11.2 Å². The van der Waals surface area contributed by atoms with E-state index in [1.54, 1.807) is 42.7 Å². The fourth-order valence-electron chi connectivity index (χ4n) is 1.87. The van der Waals surface area contributed by atoms with Gasteiger partial charge in [0.2, 0.25) is 11.0 Å². The van der Waals surface area contributed by atoms with E-state index in [0.717, 1.165) is 17.1 Å². The maximum absolute atomic E-state index is 13.5. The summed E-state index contributed by atoms with van der Waals surface area (Å²) in [6.07, 6.45) is 3.25. The molecule has 0 fully saturated rings. The fourth-order valence-corrected chi connectivity index (χ4v) is 2.48. The molecule has 0 spiro atoms. The SMILES string of the molecule is O=C(Cc1ccccc1F)Nc1nc(-c2ccncc2)ns1. The van der Waals surface area contributed by atoms with Crippen molar-refractivity contribution in [3.63, 3.8) is 0 Å². The second kappa shape index (κ2) is 6.40. The molecule has 110 valence electrons. The number of nitrogens with zero attached hydrogens (tertiary/aromatic N) is 3. The largest absolute Gasteiger partial charge is 0.300 e. The predicted molar refractivity (Wildman–Crippen MR) is 81.9 cm³/mol. The molecule has 0 bridgehead atoms. The van der Waals surface area contributed by atoms with Gasteiger partial charge in [0.1, 0.15) is 5.82 Å². The molecule has 0 atom stereocenters. The lowest BCUT2D eigenvalue weighted by atomic mass is 10.1. The Morgan fingerprint density at radius 2 is 1.95 bits per heavy atom. The van der Waals surface area contributed by atoms with Gasteiger partial charge < -0.3 is 5.32 Å². The van der Waals surface area contributed by atoms with E-state index < -0.39 is 5.82 Å². The first-order valence-electron chi connectivity index (χ1n) is 6.50. The van der Waals surface area contributed by atoms with Crippen LogP contribution in [0.25, 0.3) is 11.4 Å². The smallest absolute Gasteiger partial charge is 0.230 e. The number of anilines is 1. The highest BCUT2D eigenvalue weighted by Gasteiger charge is 2.11. The third kappa shape index (κ3) is 3.32. The van der Waals surface area contributed by atoms with Crippen LogP contribution in [0.2, 0.25) is 0 Å². The molecule has 0 saturated carbocycles. The van der Waals surface area contributed by atoms with Crippen LogP contribution in [0.1, 0.15) is 5.56 Å². The predicted octanol–water partition coefficient (Wildman–Crippen LogP) is 2.92. The lowest BCUT2D eigenvalue weighted by Crippen LogP contribution is -2.15. The zero-order valence-electron chi connectivity index (χ0n) is 11.4. The van der Waals surface area contributed by atoms with Gasteiger partial charge in [0.05, 0.1) is 6.42 Å². The van der Waals surface area contributed by atoms with Gasteiger partial charge in [-0.2, -0.15) is 9.36 Å². The lowest BCUT2D eigenvalue weighted by molar-refractivity contribution is -0.115. The van der Waals surface area contributed by atoms with Gasteiger partial charge in [-0.1, -0.05) is 18.2 Å². The molecular formula is C15H11FN4OS. The van der Waals surface area contributed by atoms with E-state index in [9.17, 15) is 9.18 Å². The molecule has 0 aliphatic carbocycles. The number of carbonyl (C=O) groups is 1. The second-order valence-electron chi connectivity index (χ2n) is 4.48. The van der Waals surface area contributed by atoms with E-state index in [2.05, 4.69) is 19.7 Å². The maximum atomic E-state index is 13.5. The van der Waals surface area contributed by atoms with Gasteiger partial charge in [-0.25, -0.2) is 4.39 Å². The van der Waals surface area contributed by atoms with Gasteiger partial charge in [0.25, 0.3) is 0 Å². The normalized spacial score (nSPS) is 10.4. The molecule has 3 aromatic rings. The van der Waals surface area contributed by atoms with Crippen molar-refractivity contribution in [2.45, 2.75) is 6.42 Å². The third-order valence-corrected chi connectivity index (χ3v) is 3.55. The Balaban J connectivity index is 1.68. The number of hydrogen-bond acceptors (Lipinski definition) is 5. The van der Waals surface area contributed by atoms with Gasteiger partial charge in [0, 0.05) is 29.5 Å². The summed E-state index contributed by atoms with van der Waals surface area (Å²) < 4.78 is 17.7. The number of pyridine rings is 1. The van der Waals surface area contributed by atoms with Gasteiger partial charge in [-0.05, 0) is 23.8 Å². The van der Waals surface area contributed by atoms with Gasteiger partial charge in [-0.3, -0.25) is 9.78 Å². The standard InChI is InChI=1S/C15H11FN4OS/c16-12-4-2-1-3-11(12)9-13(21)18-15-19-14(20-22-15)10-5-7-17-8-6-10/h1-8H,9H2,(H,18,19,20,21). The van der Waals surface area contributed by atoms with Crippen LogP contribution >= 0.6 is 11.5 Å². The molecular weight excluding hydrogens is 303 g/mol. The quantitative estimate of drug-likeness (QED) is 0.804. The van der Waals surface area contributed by atoms with E-state index >= 15 is 0 Å². The molecule has 7 heteroatoms. The maximum Gasteiger partial charge on any atom is 0.230 e. The van der Waals surface area contributed by atoms with Crippen molar-refractivity contribution >= 4 is 22.6 Å². The van der Waals surface area contributed by atoms with Gasteiger partial charge in [-0.15, -0.1) is 0 Å². The molecule has 2 heterocycles. The lowest BCUT2D eigenvalue weighted by Gasteiger charge is -2.02. The summed E-state index contributed by atoms with van der Waals surface area (Å²) in [5.74, 6) is -0.205. The molecule has 0 unspecified atom stereocenters. The van der Waals surface area contributed by atoms with E-state index in [1.807, 2.05) is 0 Å². The summed E-state index contributed by atoms with van der Waals surface area (Å²) in [5.41, 5.74) is 1.17. The van der Waals surface area contributed by atoms with Crippen molar-refractivity contribution in [1.29, 1.82) is 0 Å². The number of amides is 1. The third-order valence-electron chi connectivity index (χ3n) is 2.92. The van der Waals surface area contributed by atoms with Crippen LogP contribution in [-0.4, -0.2) is 20.2 Å². The summed E-state index contributed by atoms with van der Waals surface area (Å²) in [7, 11) is 0. The topological polar surface area (TPSA) is 67.8 Å². The first-order chi connectivity index (χ1) is 10.7. The molecule has 0 aliphatic rings. The average Bonchev–Trinajstić information content (AvgIpc) is 2.99. The van der Waals surface area contributed by atoms with Crippen LogP contribution in [0.15, 0.2) is 48.8 Å². The first-order valence-corrected chi connectivity index (χ1v) is 7.27. The van der Waals surface area contributed by atoms with Crippen LogP contribution in [0.4, 0.5) is 9.52 Å². The highest BCUT2D eigenvalue weighted by Crippen LogP contribution is 2.20. The number of aromatic nitrogens is 3. The van der Waals surface area contributed by atoms with Gasteiger partial charge in [0.15, 0.2) is 5.82 Å². The fraction of sp³-hybridized carbons (Fsp3) is 0.0667. The summed E-state index contributed by atoms with van der Waals surface area (Å²) in [6.45, 7) is 0. The van der Waals surface area contributed by atoms with Crippen molar-refractivity contribution in [3.8, 4) is 11.4 Å². The van der Waals surface area contributed by atoms with Crippen molar-refractivity contribution in [2.75, 3.05) is 5.32 Å². The first kappa shape index (κ1) is 14.3. The summed E-state index contributed by atoms with van der Waals surface area (Å²) in [4.78, 5) is 20.1. The molecule has 1 amide bonds. The molecule has 0 saturated heterocycles. The van der Waals surface area contributed by atoms with Crippen LogP contribution in [0.5, 0.6) is 0 Å². The minimum atomic E-state index is -0.396. The van der Waals surface area contributed by atoms with Crippen LogP contribution < -0.4 is 5.32 Å². The van der Waals surface area contributed by atoms with Crippen LogP contribution in [0, 0.1) is 5.82 Å². The zero-order chi connectivity index (χ0) is 15.4. The highest BCUT2D eigenvalue weighted by molar-refractivity contribution is 7.10. The Kier molecular flexibility index (Phi) is 4.15. The van der Waals surface area contributed by atoms with E-state index in [1.165, 1.54) is 6.07 Å². The molecule has 2 aromatic heterocycles. The molecule has 3 rings (SSSR count). The minimum Gasteiger partial charge on any atom is -0.300 e. The molecule has 1 aromatic carbocycles. The Morgan fingerprint density at radius 3 is 2.73 bits per heavy atom. The van der Waals surface area contributed by atoms with Crippen molar-refractivity contribution in [2.24, 2.45) is 0 Å². The number of rotatable bonds is 4. The number of benzene rings is 1. The zero-order valence-corrected chi connectivity index (χ0v) is 12.2. The Hall–Kier alpha value is -2.67. The molecule has 5 nitrogen and oxygen atoms in total. The number of hydrogen-bond donors (Lipinski definition) is 1. The van der Waals surface area contributed by atoms with E-state index in [-0.39, 0.29) is 12.3 Å². The van der Waals surface area contributed by atoms with Crippen molar-refractivity contribution < 1.29 is 9.18 Å². The Bertz CT molecular complexity index is 791. The Labute approximate surface area is 130 Å². The molecule has 22 heavy (non-hydrogen) atoms. The minimum absolute atomic E-state index is 0.0448. The second-order valence-corrected chi connectivity index (χ2v) is 5.23. The van der Waals surface area contributed by atoms with Crippen LogP contribution in [0.3, 0.4) is 0 Å². The molecule has 1 N–H and O–H groups in total. The Morgan fingerprint density at radius 1 is 1.18 bits per heavy atom. The summed E-state index contributed by atoms with van der Waals surface area (Å²) >= 11 is 1.08. The summed E-state index contributed by atoms with van der Waals surface area (Å²) in [5, 5.41) is 3.01. The number of carbonyl (C=O) groups excluding carboxylic acids is 1. The van der Waals surface area contributed by atoms with E-state index in [4.69, 9.17) is 0 Å². The molecule has 0 aliphatic heterocycles. The number of halogens is 1. The monoisotopic (exact) mass is 314 g/mol.